The van der Waals surface area contributed by atoms with Gasteiger partial charge in [0, 0.05) is 12.1 Å². The number of alkyl halides is 3. The van der Waals surface area contributed by atoms with Crippen molar-refractivity contribution in [3.8, 4) is 5.75 Å². The maximum atomic E-state index is 11.9. The van der Waals surface area contributed by atoms with Gasteiger partial charge in [-0.15, -0.1) is 13.2 Å². The summed E-state index contributed by atoms with van der Waals surface area (Å²) in [5.74, 6) is -0.243. The van der Waals surface area contributed by atoms with E-state index in [0.29, 0.717) is 6.54 Å². The molecule has 1 rings (SSSR count). The summed E-state index contributed by atoms with van der Waals surface area (Å²) in [4.78, 5) is 0. The number of nitrogens with one attached hydrogen (secondary N) is 1. The van der Waals surface area contributed by atoms with E-state index in [-0.39, 0.29) is 12.4 Å². The van der Waals surface area contributed by atoms with Crippen LogP contribution in [0.1, 0.15) is 19.4 Å². The van der Waals surface area contributed by atoms with E-state index in [1.165, 1.54) is 12.1 Å². The Morgan fingerprint density at radius 1 is 1.17 bits per heavy atom. The highest BCUT2D eigenvalue weighted by atomic mass is 19.4. The molecule has 1 aromatic rings. The van der Waals surface area contributed by atoms with Gasteiger partial charge < -0.3 is 15.2 Å². The van der Waals surface area contributed by atoms with Gasteiger partial charge in [0.2, 0.25) is 0 Å². The number of hydrogen-bond donors (Lipinski definition) is 2. The Bertz CT molecular complexity index is 374. The molecule has 18 heavy (non-hydrogen) atoms. The third kappa shape index (κ3) is 5.37. The standard InChI is InChI=1S/C12H16F3NO2/c1-11(2,8-17)16-7-9-3-5-10(6-4-9)18-12(13,14)15/h3-6,16-17H,7-8H2,1-2H3. The summed E-state index contributed by atoms with van der Waals surface area (Å²) in [7, 11) is 0. The number of halogens is 3. The summed E-state index contributed by atoms with van der Waals surface area (Å²) in [6, 6.07) is 5.61. The van der Waals surface area contributed by atoms with Crippen LogP contribution in [0, 0.1) is 0 Å². The minimum Gasteiger partial charge on any atom is -0.406 e. The number of rotatable bonds is 5. The lowest BCUT2D eigenvalue weighted by atomic mass is 10.1. The van der Waals surface area contributed by atoms with Gasteiger partial charge in [0.05, 0.1) is 6.61 Å². The van der Waals surface area contributed by atoms with Gasteiger partial charge in [-0.25, -0.2) is 0 Å². The fourth-order valence-electron chi connectivity index (χ4n) is 1.21. The van der Waals surface area contributed by atoms with Gasteiger partial charge in [-0.3, -0.25) is 0 Å². The van der Waals surface area contributed by atoms with Gasteiger partial charge >= 0.3 is 6.36 Å². The van der Waals surface area contributed by atoms with E-state index in [1.807, 2.05) is 13.8 Å². The second kappa shape index (κ2) is 5.58. The predicted octanol–water partition coefficient (Wildman–Crippen LogP) is 2.45. The fraction of sp³-hybridized carbons (Fsp3) is 0.500. The van der Waals surface area contributed by atoms with Crippen LogP contribution in [0.4, 0.5) is 13.2 Å². The molecular formula is C12H16F3NO2. The minimum atomic E-state index is -4.67. The van der Waals surface area contributed by atoms with Crippen molar-refractivity contribution in [1.29, 1.82) is 0 Å². The van der Waals surface area contributed by atoms with E-state index in [4.69, 9.17) is 5.11 Å². The van der Waals surface area contributed by atoms with Crippen molar-refractivity contribution in [2.45, 2.75) is 32.3 Å². The Morgan fingerprint density at radius 2 is 1.72 bits per heavy atom. The summed E-state index contributed by atoms with van der Waals surface area (Å²) in [5, 5.41) is 12.1. The first kappa shape index (κ1) is 14.8. The van der Waals surface area contributed by atoms with E-state index in [0.717, 1.165) is 5.56 Å². The highest BCUT2D eigenvalue weighted by Crippen LogP contribution is 2.22. The molecule has 1 aromatic carbocycles. The van der Waals surface area contributed by atoms with Gasteiger partial charge in [-0.1, -0.05) is 12.1 Å². The minimum absolute atomic E-state index is 0.0255. The van der Waals surface area contributed by atoms with Crippen molar-refractivity contribution in [2.75, 3.05) is 6.61 Å². The first-order chi connectivity index (χ1) is 8.22. The monoisotopic (exact) mass is 263 g/mol. The number of ether oxygens (including phenoxy) is 1. The molecule has 0 radical (unpaired) electrons. The summed E-state index contributed by atoms with van der Waals surface area (Å²) in [5.41, 5.74) is 0.382. The number of hydrogen-bond acceptors (Lipinski definition) is 3. The summed E-state index contributed by atoms with van der Waals surface area (Å²) >= 11 is 0. The molecule has 2 N–H and O–H groups in total. The van der Waals surface area contributed by atoms with E-state index in [1.54, 1.807) is 12.1 Å². The molecule has 3 nitrogen and oxygen atoms in total. The van der Waals surface area contributed by atoms with Crippen molar-refractivity contribution in [3.05, 3.63) is 29.8 Å². The maximum absolute atomic E-state index is 11.9. The second-order valence-electron chi connectivity index (χ2n) is 4.59. The van der Waals surface area contributed by atoms with Crippen LogP contribution in [-0.4, -0.2) is 23.6 Å². The van der Waals surface area contributed by atoms with Crippen LogP contribution >= 0.6 is 0 Å². The smallest absolute Gasteiger partial charge is 0.406 e. The van der Waals surface area contributed by atoms with Crippen molar-refractivity contribution >= 4 is 0 Å². The molecule has 0 amide bonds. The Hall–Kier alpha value is -1.27. The zero-order valence-corrected chi connectivity index (χ0v) is 10.2. The number of aliphatic hydroxyl groups excluding tert-OH is 1. The molecule has 0 saturated carbocycles. The van der Waals surface area contributed by atoms with E-state index < -0.39 is 11.9 Å². The third-order valence-electron chi connectivity index (χ3n) is 2.32. The molecule has 0 unspecified atom stereocenters. The quantitative estimate of drug-likeness (QED) is 0.857. The first-order valence-electron chi connectivity index (χ1n) is 5.42. The SMILES string of the molecule is CC(C)(CO)NCc1ccc(OC(F)(F)F)cc1. The summed E-state index contributed by atoms with van der Waals surface area (Å²) in [6.07, 6.45) is -4.67. The summed E-state index contributed by atoms with van der Waals surface area (Å²) in [6.45, 7) is 4.09. The predicted molar refractivity (Wildman–Crippen MR) is 61.1 cm³/mol. The highest BCUT2D eigenvalue weighted by Gasteiger charge is 2.30. The van der Waals surface area contributed by atoms with E-state index in [9.17, 15) is 13.2 Å². The third-order valence-corrected chi connectivity index (χ3v) is 2.32. The first-order valence-corrected chi connectivity index (χ1v) is 5.42. The molecule has 0 aliphatic carbocycles. The molecule has 0 aliphatic heterocycles. The van der Waals surface area contributed by atoms with Crippen LogP contribution in [0.5, 0.6) is 5.75 Å². The Balaban J connectivity index is 2.56. The molecule has 0 saturated heterocycles. The van der Waals surface area contributed by atoms with Crippen LogP contribution < -0.4 is 10.1 Å². The molecule has 6 heteroatoms. The van der Waals surface area contributed by atoms with Crippen molar-refractivity contribution < 1.29 is 23.0 Å². The Morgan fingerprint density at radius 3 is 2.17 bits per heavy atom. The van der Waals surface area contributed by atoms with E-state index in [2.05, 4.69) is 10.1 Å². The zero-order valence-electron chi connectivity index (χ0n) is 10.2. The van der Waals surface area contributed by atoms with Gasteiger partial charge in [-0.05, 0) is 31.5 Å². The normalized spacial score (nSPS) is 12.6. The largest absolute Gasteiger partial charge is 0.573 e. The second-order valence-corrected chi connectivity index (χ2v) is 4.59. The van der Waals surface area contributed by atoms with Crippen molar-refractivity contribution in [3.63, 3.8) is 0 Å². The fourth-order valence-corrected chi connectivity index (χ4v) is 1.21. The van der Waals surface area contributed by atoms with Gasteiger partial charge in [-0.2, -0.15) is 0 Å². The lowest BCUT2D eigenvalue weighted by Gasteiger charge is -2.23. The summed E-state index contributed by atoms with van der Waals surface area (Å²) < 4.78 is 39.6. The molecule has 0 spiro atoms. The average Bonchev–Trinajstić information content (AvgIpc) is 2.26. The van der Waals surface area contributed by atoms with Crippen LogP contribution in [0.2, 0.25) is 0 Å². The average molecular weight is 263 g/mol. The Kier molecular flexibility index (Phi) is 4.59. The molecule has 0 aromatic heterocycles. The van der Waals surface area contributed by atoms with Crippen molar-refractivity contribution in [2.24, 2.45) is 0 Å². The highest BCUT2D eigenvalue weighted by molar-refractivity contribution is 5.27. The van der Waals surface area contributed by atoms with Crippen molar-refractivity contribution in [1.82, 2.24) is 5.32 Å². The molecule has 0 aliphatic rings. The number of benzene rings is 1. The topological polar surface area (TPSA) is 41.5 Å². The molecule has 0 heterocycles. The van der Waals surface area contributed by atoms with Gasteiger partial charge in [0.1, 0.15) is 5.75 Å². The molecule has 0 bridgehead atoms. The van der Waals surface area contributed by atoms with Gasteiger partial charge in [0.25, 0.3) is 0 Å². The molecule has 0 fully saturated rings. The molecule has 102 valence electrons. The Labute approximate surface area is 104 Å². The number of aliphatic hydroxyl groups is 1. The van der Waals surface area contributed by atoms with Crippen LogP contribution in [-0.2, 0) is 6.54 Å². The lowest BCUT2D eigenvalue weighted by molar-refractivity contribution is -0.274. The van der Waals surface area contributed by atoms with Crippen LogP contribution in [0.15, 0.2) is 24.3 Å². The molecule has 0 atom stereocenters. The maximum Gasteiger partial charge on any atom is 0.573 e. The zero-order chi connectivity index (χ0) is 13.8. The van der Waals surface area contributed by atoms with E-state index >= 15 is 0 Å². The molecular weight excluding hydrogens is 247 g/mol. The van der Waals surface area contributed by atoms with Crippen LogP contribution in [0.3, 0.4) is 0 Å². The van der Waals surface area contributed by atoms with Crippen LogP contribution in [0.25, 0.3) is 0 Å². The van der Waals surface area contributed by atoms with Gasteiger partial charge in [0.15, 0.2) is 0 Å². The lowest BCUT2D eigenvalue weighted by Crippen LogP contribution is -2.42.